The lowest BCUT2D eigenvalue weighted by Gasteiger charge is -2.04. The fourth-order valence-corrected chi connectivity index (χ4v) is 1.85. The zero-order chi connectivity index (χ0) is 10.1. The Morgan fingerprint density at radius 3 is 3.14 bits per heavy atom. The maximum absolute atomic E-state index is 10.6. The average molecular weight is 192 g/mol. The minimum atomic E-state index is -0.770. The molecule has 1 N–H and O–H groups in total. The molecule has 0 aliphatic carbocycles. The Morgan fingerprint density at radius 1 is 1.64 bits per heavy atom. The maximum Gasteiger partial charge on any atom is 0.304 e. The Bertz CT molecular complexity index is 371. The molecular weight excluding hydrogens is 180 g/mol. The van der Waals surface area contributed by atoms with Crippen molar-refractivity contribution >= 4 is 5.97 Å². The first kappa shape index (κ1) is 9.06. The molecule has 1 aliphatic heterocycles. The van der Waals surface area contributed by atoms with E-state index in [0.717, 1.165) is 16.9 Å². The number of carboxylic acid groups (broad SMARTS) is 1. The van der Waals surface area contributed by atoms with Crippen molar-refractivity contribution in [2.75, 3.05) is 6.61 Å². The van der Waals surface area contributed by atoms with Crippen LogP contribution in [0.3, 0.4) is 0 Å². The van der Waals surface area contributed by atoms with Crippen molar-refractivity contribution in [1.29, 1.82) is 0 Å². The summed E-state index contributed by atoms with van der Waals surface area (Å²) < 4.78 is 5.48. The molecule has 74 valence electrons. The molecule has 0 radical (unpaired) electrons. The van der Waals surface area contributed by atoms with Gasteiger partial charge in [-0.15, -0.1) is 0 Å². The Kier molecular flexibility index (Phi) is 2.15. The van der Waals surface area contributed by atoms with Crippen molar-refractivity contribution in [1.82, 2.24) is 0 Å². The molecule has 1 atom stereocenters. The van der Waals surface area contributed by atoms with Gasteiger partial charge >= 0.3 is 5.97 Å². The van der Waals surface area contributed by atoms with Crippen LogP contribution in [0.2, 0.25) is 0 Å². The van der Waals surface area contributed by atoms with E-state index in [1.165, 1.54) is 0 Å². The van der Waals surface area contributed by atoms with Crippen LogP contribution in [0, 0.1) is 6.92 Å². The third kappa shape index (κ3) is 1.45. The van der Waals surface area contributed by atoms with Crippen LogP contribution in [0.15, 0.2) is 18.2 Å². The zero-order valence-electron chi connectivity index (χ0n) is 7.99. The van der Waals surface area contributed by atoms with Gasteiger partial charge < -0.3 is 9.84 Å². The molecule has 0 spiro atoms. The first-order valence-corrected chi connectivity index (χ1v) is 4.62. The molecule has 1 aromatic carbocycles. The minimum absolute atomic E-state index is 0.0161. The molecule has 1 heterocycles. The predicted molar refractivity (Wildman–Crippen MR) is 51.7 cm³/mol. The van der Waals surface area contributed by atoms with Gasteiger partial charge in [-0.3, -0.25) is 4.79 Å². The molecule has 0 unspecified atom stereocenters. The van der Waals surface area contributed by atoms with E-state index < -0.39 is 5.97 Å². The maximum atomic E-state index is 10.6. The summed E-state index contributed by atoms with van der Waals surface area (Å²) in [5, 5.41) is 8.71. The Morgan fingerprint density at radius 2 is 2.43 bits per heavy atom. The summed E-state index contributed by atoms with van der Waals surface area (Å²) in [6.45, 7) is 2.47. The first-order chi connectivity index (χ1) is 6.68. The lowest BCUT2D eigenvalue weighted by atomic mass is 9.96. The van der Waals surface area contributed by atoms with Crippen molar-refractivity contribution in [3.8, 4) is 5.75 Å². The number of hydrogen-bond acceptors (Lipinski definition) is 2. The van der Waals surface area contributed by atoms with E-state index in [-0.39, 0.29) is 12.3 Å². The van der Waals surface area contributed by atoms with E-state index in [9.17, 15) is 4.79 Å². The van der Waals surface area contributed by atoms with Crippen LogP contribution in [0.25, 0.3) is 0 Å². The zero-order valence-corrected chi connectivity index (χ0v) is 7.99. The van der Waals surface area contributed by atoms with Crippen molar-refractivity contribution in [2.45, 2.75) is 19.3 Å². The lowest BCUT2D eigenvalue weighted by Crippen LogP contribution is -2.07. The fourth-order valence-electron chi connectivity index (χ4n) is 1.85. The third-order valence-corrected chi connectivity index (χ3v) is 2.53. The second-order valence-electron chi connectivity index (χ2n) is 3.60. The molecular formula is C11H12O3. The summed E-state index contributed by atoms with van der Waals surface area (Å²) in [6.07, 6.45) is 0.149. The highest BCUT2D eigenvalue weighted by molar-refractivity contribution is 5.68. The third-order valence-electron chi connectivity index (χ3n) is 2.53. The van der Waals surface area contributed by atoms with Crippen LogP contribution in [0.5, 0.6) is 5.75 Å². The monoisotopic (exact) mass is 192 g/mol. The molecule has 0 bridgehead atoms. The second-order valence-corrected chi connectivity index (χ2v) is 3.60. The van der Waals surface area contributed by atoms with Crippen molar-refractivity contribution in [3.63, 3.8) is 0 Å². The first-order valence-electron chi connectivity index (χ1n) is 4.62. The number of fused-ring (bicyclic) bond motifs is 1. The number of carboxylic acids is 1. The summed E-state index contributed by atoms with van der Waals surface area (Å²) in [5.74, 6) is 0.120. The van der Waals surface area contributed by atoms with E-state index in [1.807, 2.05) is 25.1 Å². The van der Waals surface area contributed by atoms with Crippen molar-refractivity contribution in [2.24, 2.45) is 0 Å². The van der Waals surface area contributed by atoms with Crippen LogP contribution in [-0.2, 0) is 4.79 Å². The van der Waals surface area contributed by atoms with Crippen LogP contribution in [0.4, 0.5) is 0 Å². The van der Waals surface area contributed by atoms with Gasteiger partial charge in [0.05, 0.1) is 13.0 Å². The van der Waals surface area contributed by atoms with Gasteiger partial charge in [-0.2, -0.15) is 0 Å². The Labute approximate surface area is 82.3 Å². The van der Waals surface area contributed by atoms with Crippen LogP contribution < -0.4 is 4.74 Å². The minimum Gasteiger partial charge on any atom is -0.492 e. The highest BCUT2D eigenvalue weighted by Crippen LogP contribution is 2.37. The summed E-state index contributed by atoms with van der Waals surface area (Å²) in [7, 11) is 0. The molecule has 0 saturated heterocycles. The van der Waals surface area contributed by atoms with Gasteiger partial charge in [0.25, 0.3) is 0 Å². The Balaban J connectivity index is 2.30. The number of hydrogen-bond donors (Lipinski definition) is 1. The van der Waals surface area contributed by atoms with Gasteiger partial charge in [-0.05, 0) is 12.5 Å². The molecule has 3 nitrogen and oxygen atoms in total. The number of para-hydroxylation sites is 1. The van der Waals surface area contributed by atoms with Gasteiger partial charge in [-0.25, -0.2) is 0 Å². The number of benzene rings is 1. The standard InChI is InChI=1S/C11H12O3/c1-7-3-2-4-9-8(5-10(12)13)6-14-11(7)9/h2-4,8H,5-6H2,1H3,(H,12,13)/t8-/m0/s1. The topological polar surface area (TPSA) is 46.5 Å². The summed E-state index contributed by atoms with van der Waals surface area (Å²) in [5.41, 5.74) is 2.11. The average Bonchev–Trinajstić information content (AvgIpc) is 2.49. The number of carbonyl (C=O) groups is 1. The second kappa shape index (κ2) is 3.33. The largest absolute Gasteiger partial charge is 0.492 e. The summed E-state index contributed by atoms with van der Waals surface area (Å²) in [6, 6.07) is 5.86. The molecule has 3 heteroatoms. The van der Waals surface area contributed by atoms with Crippen LogP contribution in [0.1, 0.15) is 23.5 Å². The van der Waals surface area contributed by atoms with E-state index in [4.69, 9.17) is 9.84 Å². The molecule has 1 aliphatic rings. The number of rotatable bonds is 2. The van der Waals surface area contributed by atoms with Gasteiger partial charge in [0.1, 0.15) is 5.75 Å². The van der Waals surface area contributed by atoms with E-state index in [2.05, 4.69) is 0 Å². The SMILES string of the molecule is Cc1cccc2c1OC[C@@H]2CC(=O)O. The van der Waals surface area contributed by atoms with Gasteiger partial charge in [0, 0.05) is 11.5 Å². The van der Waals surface area contributed by atoms with Crippen LogP contribution >= 0.6 is 0 Å². The number of aliphatic carboxylic acids is 1. The molecule has 1 aromatic rings. The van der Waals surface area contributed by atoms with Crippen LogP contribution in [-0.4, -0.2) is 17.7 Å². The predicted octanol–water partition coefficient (Wildman–Crippen LogP) is 1.95. The van der Waals surface area contributed by atoms with Crippen molar-refractivity contribution in [3.05, 3.63) is 29.3 Å². The summed E-state index contributed by atoms with van der Waals surface area (Å²) >= 11 is 0. The van der Waals surface area contributed by atoms with E-state index >= 15 is 0 Å². The molecule has 0 saturated carbocycles. The highest BCUT2D eigenvalue weighted by atomic mass is 16.5. The normalized spacial score (nSPS) is 18.8. The van der Waals surface area contributed by atoms with E-state index in [1.54, 1.807) is 0 Å². The Hall–Kier alpha value is -1.51. The molecule has 0 aromatic heterocycles. The van der Waals surface area contributed by atoms with Gasteiger partial charge in [0.15, 0.2) is 0 Å². The quantitative estimate of drug-likeness (QED) is 0.779. The number of ether oxygens (including phenoxy) is 1. The fraction of sp³-hybridized carbons (Fsp3) is 0.364. The number of aryl methyl sites for hydroxylation is 1. The highest BCUT2D eigenvalue weighted by Gasteiger charge is 2.26. The molecule has 14 heavy (non-hydrogen) atoms. The molecule has 2 rings (SSSR count). The van der Waals surface area contributed by atoms with Crippen molar-refractivity contribution < 1.29 is 14.6 Å². The molecule has 0 fully saturated rings. The van der Waals surface area contributed by atoms with Gasteiger partial charge in [0.2, 0.25) is 0 Å². The molecule has 0 amide bonds. The van der Waals surface area contributed by atoms with E-state index in [0.29, 0.717) is 6.61 Å². The van der Waals surface area contributed by atoms with Gasteiger partial charge in [-0.1, -0.05) is 18.2 Å². The summed E-state index contributed by atoms with van der Waals surface area (Å²) in [4.78, 5) is 10.6. The lowest BCUT2D eigenvalue weighted by molar-refractivity contribution is -0.137. The smallest absolute Gasteiger partial charge is 0.304 e.